The normalized spacial score (nSPS) is 11.7. The van der Waals surface area contributed by atoms with Crippen LogP contribution in [0.5, 0.6) is 23.0 Å². The zero-order valence-electron chi connectivity index (χ0n) is 22.0. The van der Waals surface area contributed by atoms with Crippen molar-refractivity contribution in [2.45, 2.75) is 26.4 Å². The largest absolute Gasteiger partial charge is 0.494 e. The number of hydrogen-bond acceptors (Lipinski definition) is 7. The van der Waals surface area contributed by atoms with Gasteiger partial charge in [-0.15, -0.1) is 0 Å². The van der Waals surface area contributed by atoms with Gasteiger partial charge < -0.3 is 18.9 Å². The number of carbonyl (C=O) groups excluding carboxylic acids is 2. The summed E-state index contributed by atoms with van der Waals surface area (Å²) >= 11 is 0. The molecular formula is C31H30N2O6. The second-order valence-corrected chi connectivity index (χ2v) is 8.64. The van der Waals surface area contributed by atoms with Crippen LogP contribution in [0.15, 0.2) is 90.0 Å². The van der Waals surface area contributed by atoms with Crippen LogP contribution in [0, 0.1) is 0 Å². The smallest absolute Gasteiger partial charge is 0.343 e. The highest BCUT2D eigenvalue weighted by Gasteiger charge is 2.16. The van der Waals surface area contributed by atoms with Gasteiger partial charge in [-0.25, -0.2) is 10.2 Å². The molecule has 0 saturated carbocycles. The summed E-state index contributed by atoms with van der Waals surface area (Å²) in [5, 5.41) is 5.98. The fraction of sp³-hybridized carbons (Fsp3) is 0.194. The molecule has 1 atom stereocenters. The summed E-state index contributed by atoms with van der Waals surface area (Å²) in [7, 11) is 1.47. The van der Waals surface area contributed by atoms with Crippen LogP contribution in [0.3, 0.4) is 0 Å². The average molecular weight is 527 g/mol. The Morgan fingerprint density at radius 2 is 1.69 bits per heavy atom. The van der Waals surface area contributed by atoms with Crippen LogP contribution in [0.2, 0.25) is 0 Å². The Morgan fingerprint density at radius 1 is 0.923 bits per heavy atom. The van der Waals surface area contributed by atoms with Gasteiger partial charge in [0.25, 0.3) is 5.91 Å². The van der Waals surface area contributed by atoms with Crippen LogP contribution < -0.4 is 24.4 Å². The molecule has 0 aromatic heterocycles. The molecule has 39 heavy (non-hydrogen) atoms. The molecule has 0 aliphatic carbocycles. The van der Waals surface area contributed by atoms with Gasteiger partial charge >= 0.3 is 5.97 Å². The number of esters is 1. The van der Waals surface area contributed by atoms with Gasteiger partial charge in [0.15, 0.2) is 17.6 Å². The van der Waals surface area contributed by atoms with Gasteiger partial charge in [0.05, 0.1) is 25.5 Å². The zero-order valence-corrected chi connectivity index (χ0v) is 22.0. The fourth-order valence-corrected chi connectivity index (χ4v) is 3.72. The Morgan fingerprint density at radius 3 is 2.46 bits per heavy atom. The van der Waals surface area contributed by atoms with Crippen LogP contribution in [0.1, 0.15) is 36.2 Å². The third-order valence-electron chi connectivity index (χ3n) is 5.76. The number of carbonyl (C=O) groups is 2. The highest BCUT2D eigenvalue weighted by atomic mass is 16.6. The van der Waals surface area contributed by atoms with E-state index in [1.54, 1.807) is 49.4 Å². The quantitative estimate of drug-likeness (QED) is 0.115. The summed E-state index contributed by atoms with van der Waals surface area (Å²) < 4.78 is 22.3. The molecular weight excluding hydrogens is 496 g/mol. The van der Waals surface area contributed by atoms with Crippen molar-refractivity contribution in [3.8, 4) is 23.0 Å². The average Bonchev–Trinajstić information content (AvgIpc) is 2.97. The molecule has 4 rings (SSSR count). The Balaban J connectivity index is 1.34. The van der Waals surface area contributed by atoms with E-state index < -0.39 is 18.0 Å². The Hall–Kier alpha value is -4.85. The van der Waals surface area contributed by atoms with E-state index in [1.807, 2.05) is 49.4 Å². The van der Waals surface area contributed by atoms with Crippen molar-refractivity contribution in [3.05, 3.63) is 96.1 Å². The lowest BCUT2D eigenvalue weighted by Gasteiger charge is -2.14. The van der Waals surface area contributed by atoms with Crippen molar-refractivity contribution in [1.29, 1.82) is 0 Å². The van der Waals surface area contributed by atoms with E-state index in [2.05, 4.69) is 10.5 Å². The van der Waals surface area contributed by atoms with Gasteiger partial charge in [-0.1, -0.05) is 43.3 Å². The number of hydrazone groups is 1. The molecule has 0 radical (unpaired) electrons. The lowest BCUT2D eigenvalue weighted by atomic mass is 10.1. The molecule has 0 bridgehead atoms. The zero-order chi connectivity index (χ0) is 27.6. The standard InChI is InChI=1S/C31H30N2O6/c1-4-18-37-25-15-13-24(14-16-25)31(35)39-28-17-12-22(19-29(28)36-3)20-32-33-30(34)21(2)38-27-11-7-9-23-8-5-6-10-26(23)27/h5-17,19-21H,4,18H2,1-3H3,(H,33,34)/b32-20-/t21-/m0/s1. The third-order valence-corrected chi connectivity index (χ3v) is 5.76. The molecule has 0 unspecified atom stereocenters. The second kappa shape index (κ2) is 13.1. The van der Waals surface area contributed by atoms with Gasteiger partial charge in [-0.2, -0.15) is 5.10 Å². The number of benzene rings is 4. The van der Waals surface area contributed by atoms with Gasteiger partial charge in [-0.3, -0.25) is 4.79 Å². The van der Waals surface area contributed by atoms with Crippen molar-refractivity contribution >= 4 is 28.9 Å². The summed E-state index contributed by atoms with van der Waals surface area (Å²) in [5.41, 5.74) is 3.51. The molecule has 1 N–H and O–H groups in total. The summed E-state index contributed by atoms with van der Waals surface area (Å²) in [6.07, 6.45) is 1.60. The van der Waals surface area contributed by atoms with Crippen molar-refractivity contribution in [3.63, 3.8) is 0 Å². The first-order chi connectivity index (χ1) is 19.0. The van der Waals surface area contributed by atoms with Gasteiger partial charge in [0, 0.05) is 5.39 Å². The van der Waals surface area contributed by atoms with E-state index in [-0.39, 0.29) is 5.75 Å². The van der Waals surface area contributed by atoms with E-state index in [1.165, 1.54) is 13.3 Å². The number of nitrogens with one attached hydrogen (secondary N) is 1. The van der Waals surface area contributed by atoms with E-state index in [0.717, 1.165) is 17.2 Å². The van der Waals surface area contributed by atoms with E-state index in [0.29, 0.717) is 35.0 Å². The minimum Gasteiger partial charge on any atom is -0.494 e. The molecule has 4 aromatic rings. The number of fused-ring (bicyclic) bond motifs is 1. The molecule has 0 fully saturated rings. The maximum Gasteiger partial charge on any atom is 0.343 e. The first-order valence-corrected chi connectivity index (χ1v) is 12.6. The number of nitrogens with zero attached hydrogens (tertiary/aromatic N) is 1. The lowest BCUT2D eigenvalue weighted by Crippen LogP contribution is -2.33. The predicted molar refractivity (Wildman–Crippen MR) is 150 cm³/mol. The first-order valence-electron chi connectivity index (χ1n) is 12.6. The van der Waals surface area contributed by atoms with Crippen molar-refractivity contribution < 1.29 is 28.5 Å². The molecule has 8 heteroatoms. The highest BCUT2D eigenvalue weighted by Crippen LogP contribution is 2.29. The van der Waals surface area contributed by atoms with E-state index in [4.69, 9.17) is 18.9 Å². The predicted octanol–water partition coefficient (Wildman–Crippen LogP) is 5.77. The minimum atomic E-state index is -0.767. The maximum atomic E-state index is 12.6. The number of hydrogen-bond donors (Lipinski definition) is 1. The van der Waals surface area contributed by atoms with E-state index >= 15 is 0 Å². The molecule has 4 aromatic carbocycles. The number of amides is 1. The summed E-state index contributed by atoms with van der Waals surface area (Å²) in [5.74, 6) is 0.986. The molecule has 0 aliphatic heterocycles. The van der Waals surface area contributed by atoms with Gasteiger partial charge in [0.1, 0.15) is 11.5 Å². The molecule has 0 saturated heterocycles. The van der Waals surface area contributed by atoms with Crippen molar-refractivity contribution in [2.24, 2.45) is 5.10 Å². The third kappa shape index (κ3) is 7.13. The first kappa shape index (κ1) is 27.2. The van der Waals surface area contributed by atoms with Crippen molar-refractivity contribution in [1.82, 2.24) is 5.43 Å². The number of rotatable bonds is 11. The number of methoxy groups -OCH3 is 1. The molecule has 0 aliphatic rings. The fourth-order valence-electron chi connectivity index (χ4n) is 3.72. The van der Waals surface area contributed by atoms with Crippen LogP contribution in [-0.4, -0.2) is 37.9 Å². The lowest BCUT2D eigenvalue weighted by molar-refractivity contribution is -0.127. The van der Waals surface area contributed by atoms with Crippen LogP contribution in [-0.2, 0) is 4.79 Å². The van der Waals surface area contributed by atoms with Gasteiger partial charge in [-0.05, 0) is 72.8 Å². The summed E-state index contributed by atoms with van der Waals surface area (Å²) in [6, 6.07) is 25.2. The highest BCUT2D eigenvalue weighted by molar-refractivity contribution is 5.92. The number of ether oxygens (including phenoxy) is 4. The topological polar surface area (TPSA) is 95.5 Å². The molecule has 0 spiro atoms. The van der Waals surface area contributed by atoms with Gasteiger partial charge in [0.2, 0.25) is 0 Å². The Bertz CT molecular complexity index is 1460. The molecule has 0 heterocycles. The molecule has 200 valence electrons. The Labute approximate surface area is 227 Å². The monoisotopic (exact) mass is 526 g/mol. The maximum absolute atomic E-state index is 12.6. The summed E-state index contributed by atoms with van der Waals surface area (Å²) in [4.78, 5) is 25.1. The van der Waals surface area contributed by atoms with Crippen molar-refractivity contribution in [2.75, 3.05) is 13.7 Å². The Kier molecular flexibility index (Phi) is 9.13. The van der Waals surface area contributed by atoms with Crippen LogP contribution in [0.4, 0.5) is 0 Å². The second-order valence-electron chi connectivity index (χ2n) is 8.64. The SMILES string of the molecule is CCCOc1ccc(C(=O)Oc2ccc(/C=N\NC(=O)[C@H](C)Oc3cccc4ccccc34)cc2OC)cc1. The minimum absolute atomic E-state index is 0.257. The van der Waals surface area contributed by atoms with E-state index in [9.17, 15) is 9.59 Å². The molecule has 8 nitrogen and oxygen atoms in total. The summed E-state index contributed by atoms with van der Waals surface area (Å²) in [6.45, 7) is 4.29. The molecule has 1 amide bonds. The van der Waals surface area contributed by atoms with Crippen LogP contribution in [0.25, 0.3) is 10.8 Å². The van der Waals surface area contributed by atoms with Crippen LogP contribution >= 0.6 is 0 Å².